The van der Waals surface area contributed by atoms with Gasteiger partial charge in [0.25, 0.3) is 5.91 Å². The van der Waals surface area contributed by atoms with Crippen molar-refractivity contribution in [1.82, 2.24) is 20.7 Å². The van der Waals surface area contributed by atoms with Crippen LogP contribution in [0.2, 0.25) is 0 Å². The molecule has 0 bridgehead atoms. The van der Waals surface area contributed by atoms with Gasteiger partial charge in [0, 0.05) is 13.1 Å². The van der Waals surface area contributed by atoms with Crippen molar-refractivity contribution in [3.63, 3.8) is 0 Å². The number of carbonyl (C=O) groups excluding carboxylic acids is 3. The SMILES string of the molecule is O=C1NC(=O)N(NC(=O)N2CCCCC2)C1c1ccccc1. The summed E-state index contributed by atoms with van der Waals surface area (Å²) in [5.41, 5.74) is 3.22. The minimum atomic E-state index is -0.831. The summed E-state index contributed by atoms with van der Waals surface area (Å²) >= 11 is 0. The summed E-state index contributed by atoms with van der Waals surface area (Å²) in [7, 11) is 0. The highest BCUT2D eigenvalue weighted by atomic mass is 16.2. The second kappa shape index (κ2) is 6.05. The average molecular weight is 302 g/mol. The van der Waals surface area contributed by atoms with E-state index in [1.807, 2.05) is 6.07 Å². The molecule has 3 rings (SSSR count). The van der Waals surface area contributed by atoms with Gasteiger partial charge >= 0.3 is 12.1 Å². The quantitative estimate of drug-likeness (QED) is 0.810. The van der Waals surface area contributed by atoms with E-state index in [9.17, 15) is 14.4 Å². The number of nitrogens with zero attached hydrogens (tertiary/aromatic N) is 2. The van der Waals surface area contributed by atoms with Gasteiger partial charge < -0.3 is 4.90 Å². The Morgan fingerprint density at radius 1 is 1.09 bits per heavy atom. The molecule has 7 heteroatoms. The van der Waals surface area contributed by atoms with Crippen LogP contribution in [0.15, 0.2) is 30.3 Å². The third-order valence-corrected chi connectivity index (χ3v) is 3.93. The van der Waals surface area contributed by atoms with Crippen molar-refractivity contribution in [2.45, 2.75) is 25.3 Å². The molecule has 0 radical (unpaired) electrons. The second-order valence-corrected chi connectivity index (χ2v) is 5.44. The first-order chi connectivity index (χ1) is 10.7. The highest BCUT2D eigenvalue weighted by Gasteiger charge is 2.41. The van der Waals surface area contributed by atoms with Gasteiger partial charge in [0.2, 0.25) is 0 Å². The summed E-state index contributed by atoms with van der Waals surface area (Å²) in [4.78, 5) is 37.9. The van der Waals surface area contributed by atoms with Crippen LogP contribution in [0, 0.1) is 0 Å². The standard InChI is InChI=1S/C15H18N4O3/c20-13-12(11-7-3-1-4-8-11)19(14(21)16-13)17-15(22)18-9-5-2-6-10-18/h1,3-4,7-8,12H,2,5-6,9-10H2,(H,17,22)(H,16,20,21). The number of urea groups is 2. The number of piperidine rings is 1. The van der Waals surface area contributed by atoms with Gasteiger partial charge in [-0.25, -0.2) is 20.0 Å². The molecule has 2 aliphatic heterocycles. The molecular formula is C15H18N4O3. The maximum Gasteiger partial charge on any atom is 0.343 e. The maximum absolute atomic E-state index is 12.3. The molecule has 116 valence electrons. The van der Waals surface area contributed by atoms with E-state index in [4.69, 9.17) is 0 Å². The van der Waals surface area contributed by atoms with Crippen molar-refractivity contribution < 1.29 is 14.4 Å². The molecule has 0 aliphatic carbocycles. The Hall–Kier alpha value is -2.57. The summed E-state index contributed by atoms with van der Waals surface area (Å²) in [6, 6.07) is 7.13. The first kappa shape index (κ1) is 14.4. The van der Waals surface area contributed by atoms with E-state index in [0.717, 1.165) is 24.3 Å². The molecule has 1 aromatic rings. The van der Waals surface area contributed by atoms with Crippen LogP contribution in [-0.4, -0.2) is 41.0 Å². The number of likely N-dealkylation sites (tertiary alicyclic amines) is 1. The Kier molecular flexibility index (Phi) is 3.95. The van der Waals surface area contributed by atoms with Crippen LogP contribution in [0.3, 0.4) is 0 Å². The lowest BCUT2D eigenvalue weighted by Crippen LogP contribution is -2.52. The number of nitrogens with one attached hydrogen (secondary N) is 2. The molecule has 1 unspecified atom stereocenters. The van der Waals surface area contributed by atoms with E-state index in [-0.39, 0.29) is 6.03 Å². The molecule has 0 saturated carbocycles. The Morgan fingerprint density at radius 2 is 1.77 bits per heavy atom. The molecule has 1 atom stereocenters. The normalized spacial score (nSPS) is 21.7. The third kappa shape index (κ3) is 2.74. The molecule has 22 heavy (non-hydrogen) atoms. The maximum atomic E-state index is 12.3. The summed E-state index contributed by atoms with van der Waals surface area (Å²) in [5, 5.41) is 3.32. The summed E-state index contributed by atoms with van der Waals surface area (Å²) in [6.07, 6.45) is 3.03. The van der Waals surface area contributed by atoms with Gasteiger partial charge in [0.1, 0.15) is 0 Å². The molecule has 1 aromatic carbocycles. The van der Waals surface area contributed by atoms with Crippen LogP contribution in [0.1, 0.15) is 30.9 Å². The minimum Gasteiger partial charge on any atom is -0.323 e. The molecular weight excluding hydrogens is 284 g/mol. The number of hydrazine groups is 1. The molecule has 2 aliphatic rings. The van der Waals surface area contributed by atoms with Crippen LogP contribution in [0.5, 0.6) is 0 Å². The predicted molar refractivity (Wildman–Crippen MR) is 78.5 cm³/mol. The highest BCUT2D eigenvalue weighted by molar-refractivity contribution is 6.05. The van der Waals surface area contributed by atoms with E-state index < -0.39 is 18.0 Å². The van der Waals surface area contributed by atoms with Crippen LogP contribution in [0.4, 0.5) is 9.59 Å². The van der Waals surface area contributed by atoms with Crippen molar-refractivity contribution in [2.24, 2.45) is 0 Å². The summed E-state index contributed by atoms with van der Waals surface area (Å²) in [5.74, 6) is -0.435. The van der Waals surface area contributed by atoms with Gasteiger partial charge in [0.15, 0.2) is 6.04 Å². The Labute approximate surface area is 128 Å². The number of hydrogen-bond donors (Lipinski definition) is 2. The largest absolute Gasteiger partial charge is 0.343 e. The summed E-state index contributed by atoms with van der Waals surface area (Å²) < 4.78 is 0. The monoisotopic (exact) mass is 302 g/mol. The Morgan fingerprint density at radius 3 is 2.45 bits per heavy atom. The number of benzene rings is 1. The average Bonchev–Trinajstić information content (AvgIpc) is 2.83. The molecule has 0 spiro atoms. The van der Waals surface area contributed by atoms with E-state index in [0.29, 0.717) is 18.7 Å². The number of carbonyl (C=O) groups is 3. The zero-order valence-electron chi connectivity index (χ0n) is 12.1. The smallest absolute Gasteiger partial charge is 0.323 e. The van der Waals surface area contributed by atoms with Crippen LogP contribution >= 0.6 is 0 Å². The minimum absolute atomic E-state index is 0.342. The molecule has 0 aromatic heterocycles. The third-order valence-electron chi connectivity index (χ3n) is 3.93. The van der Waals surface area contributed by atoms with Gasteiger partial charge in [-0.2, -0.15) is 0 Å². The topological polar surface area (TPSA) is 81.8 Å². The molecule has 7 nitrogen and oxygen atoms in total. The lowest BCUT2D eigenvalue weighted by molar-refractivity contribution is -0.121. The lowest BCUT2D eigenvalue weighted by Gasteiger charge is -2.30. The zero-order valence-corrected chi connectivity index (χ0v) is 12.1. The fourth-order valence-electron chi connectivity index (χ4n) is 2.79. The first-order valence-electron chi connectivity index (χ1n) is 7.41. The summed E-state index contributed by atoms with van der Waals surface area (Å²) in [6.45, 7) is 1.34. The molecule has 2 fully saturated rings. The molecule has 2 N–H and O–H groups in total. The van der Waals surface area contributed by atoms with E-state index in [1.165, 1.54) is 0 Å². The number of imide groups is 1. The van der Waals surface area contributed by atoms with Crippen LogP contribution < -0.4 is 10.7 Å². The number of rotatable bonds is 2. The molecule has 5 amide bonds. The van der Waals surface area contributed by atoms with Gasteiger partial charge in [-0.05, 0) is 24.8 Å². The second-order valence-electron chi connectivity index (χ2n) is 5.44. The Bertz CT molecular complexity index is 584. The van der Waals surface area contributed by atoms with Crippen molar-refractivity contribution in [1.29, 1.82) is 0 Å². The van der Waals surface area contributed by atoms with Crippen molar-refractivity contribution >= 4 is 18.0 Å². The van der Waals surface area contributed by atoms with E-state index in [1.54, 1.807) is 29.2 Å². The van der Waals surface area contributed by atoms with Crippen molar-refractivity contribution in [3.8, 4) is 0 Å². The number of amides is 5. The molecule has 2 heterocycles. The fourth-order valence-corrected chi connectivity index (χ4v) is 2.79. The van der Waals surface area contributed by atoms with Gasteiger partial charge in [0.05, 0.1) is 0 Å². The van der Waals surface area contributed by atoms with E-state index in [2.05, 4.69) is 10.7 Å². The molecule has 2 saturated heterocycles. The van der Waals surface area contributed by atoms with Gasteiger partial charge in [-0.15, -0.1) is 0 Å². The Balaban J connectivity index is 1.76. The highest BCUT2D eigenvalue weighted by Crippen LogP contribution is 2.24. The van der Waals surface area contributed by atoms with Crippen molar-refractivity contribution in [3.05, 3.63) is 35.9 Å². The fraction of sp³-hybridized carbons (Fsp3) is 0.400. The van der Waals surface area contributed by atoms with Crippen LogP contribution in [-0.2, 0) is 4.79 Å². The predicted octanol–water partition coefficient (Wildman–Crippen LogP) is 1.39. The lowest BCUT2D eigenvalue weighted by atomic mass is 10.1. The van der Waals surface area contributed by atoms with Gasteiger partial charge in [-0.3, -0.25) is 10.1 Å². The van der Waals surface area contributed by atoms with Crippen molar-refractivity contribution in [2.75, 3.05) is 13.1 Å². The first-order valence-corrected chi connectivity index (χ1v) is 7.41. The number of hydrogen-bond acceptors (Lipinski definition) is 3. The van der Waals surface area contributed by atoms with E-state index >= 15 is 0 Å². The van der Waals surface area contributed by atoms with Gasteiger partial charge in [-0.1, -0.05) is 30.3 Å². The van der Waals surface area contributed by atoms with Crippen LogP contribution in [0.25, 0.3) is 0 Å². The zero-order chi connectivity index (χ0) is 15.5.